The molecule has 1 amide bonds. The molecule has 5 heteroatoms. The molecule has 2 aromatic rings. The lowest BCUT2D eigenvalue weighted by Gasteiger charge is -2.05. The predicted octanol–water partition coefficient (Wildman–Crippen LogP) is 3.11. The second-order valence-electron chi connectivity index (χ2n) is 3.36. The molecule has 0 atom stereocenters. The SMILES string of the molecule is O=C(NCc1ccco1)c1cccc(F)c1Br. The molecule has 0 saturated carbocycles. The van der Waals surface area contributed by atoms with Crippen LogP contribution in [-0.4, -0.2) is 5.91 Å². The molecule has 0 saturated heterocycles. The summed E-state index contributed by atoms with van der Waals surface area (Å²) < 4.78 is 18.4. The molecule has 0 radical (unpaired) electrons. The van der Waals surface area contributed by atoms with Gasteiger partial charge in [-0.3, -0.25) is 4.79 Å². The first-order chi connectivity index (χ1) is 8.18. The number of furan rings is 1. The molecule has 17 heavy (non-hydrogen) atoms. The molecule has 0 unspecified atom stereocenters. The largest absolute Gasteiger partial charge is 0.467 e. The predicted molar refractivity (Wildman–Crippen MR) is 64.0 cm³/mol. The van der Waals surface area contributed by atoms with Crippen molar-refractivity contribution in [2.75, 3.05) is 0 Å². The zero-order chi connectivity index (χ0) is 12.3. The van der Waals surface area contributed by atoms with E-state index in [1.807, 2.05) is 0 Å². The number of benzene rings is 1. The van der Waals surface area contributed by atoms with Gasteiger partial charge < -0.3 is 9.73 Å². The molecule has 1 N–H and O–H groups in total. The van der Waals surface area contributed by atoms with Crippen molar-refractivity contribution in [3.8, 4) is 0 Å². The Balaban J connectivity index is 2.07. The van der Waals surface area contributed by atoms with Crippen LogP contribution in [0.3, 0.4) is 0 Å². The van der Waals surface area contributed by atoms with Gasteiger partial charge in [-0.05, 0) is 40.2 Å². The van der Waals surface area contributed by atoms with E-state index in [0.29, 0.717) is 5.76 Å². The summed E-state index contributed by atoms with van der Waals surface area (Å²) in [7, 11) is 0. The van der Waals surface area contributed by atoms with Crippen molar-refractivity contribution >= 4 is 21.8 Å². The van der Waals surface area contributed by atoms with Crippen molar-refractivity contribution in [3.05, 3.63) is 58.2 Å². The molecule has 3 nitrogen and oxygen atoms in total. The van der Waals surface area contributed by atoms with E-state index in [-0.39, 0.29) is 22.5 Å². The van der Waals surface area contributed by atoms with Gasteiger partial charge in [-0.25, -0.2) is 4.39 Å². The second kappa shape index (κ2) is 5.14. The highest BCUT2D eigenvalue weighted by Crippen LogP contribution is 2.20. The molecule has 0 spiro atoms. The molecule has 0 bridgehead atoms. The minimum absolute atomic E-state index is 0.164. The number of carbonyl (C=O) groups excluding carboxylic acids is 1. The van der Waals surface area contributed by atoms with Crippen molar-refractivity contribution in [2.45, 2.75) is 6.54 Å². The molecule has 0 aliphatic rings. The van der Waals surface area contributed by atoms with Gasteiger partial charge in [-0.1, -0.05) is 6.07 Å². The Hall–Kier alpha value is -1.62. The number of hydrogen-bond donors (Lipinski definition) is 1. The summed E-state index contributed by atoms with van der Waals surface area (Å²) in [6.07, 6.45) is 1.53. The fraction of sp³-hybridized carbons (Fsp3) is 0.0833. The van der Waals surface area contributed by atoms with E-state index < -0.39 is 5.82 Å². The smallest absolute Gasteiger partial charge is 0.252 e. The third kappa shape index (κ3) is 2.74. The minimum atomic E-state index is -0.462. The standard InChI is InChI=1S/C12H9BrFNO2/c13-11-9(4-1-5-10(11)14)12(16)15-7-8-3-2-6-17-8/h1-6H,7H2,(H,15,16). The normalized spacial score (nSPS) is 10.2. The van der Waals surface area contributed by atoms with E-state index in [1.54, 1.807) is 18.2 Å². The van der Waals surface area contributed by atoms with Crippen LogP contribution in [0, 0.1) is 5.82 Å². The van der Waals surface area contributed by atoms with Gasteiger partial charge in [0, 0.05) is 0 Å². The minimum Gasteiger partial charge on any atom is -0.467 e. The molecule has 0 aliphatic carbocycles. The van der Waals surface area contributed by atoms with Gasteiger partial charge in [0.1, 0.15) is 11.6 Å². The quantitative estimate of drug-likeness (QED) is 0.946. The van der Waals surface area contributed by atoms with Crippen molar-refractivity contribution in [1.82, 2.24) is 5.32 Å². The van der Waals surface area contributed by atoms with Crippen LogP contribution in [0.5, 0.6) is 0 Å². The number of nitrogens with one attached hydrogen (secondary N) is 1. The Bertz CT molecular complexity index is 525. The molecule has 0 fully saturated rings. The lowest BCUT2D eigenvalue weighted by molar-refractivity contribution is 0.0946. The Morgan fingerprint density at radius 1 is 1.35 bits per heavy atom. The zero-order valence-electron chi connectivity index (χ0n) is 8.74. The van der Waals surface area contributed by atoms with E-state index in [0.717, 1.165) is 0 Å². The number of hydrogen-bond acceptors (Lipinski definition) is 2. The summed E-state index contributed by atoms with van der Waals surface area (Å²) >= 11 is 3.04. The van der Waals surface area contributed by atoms with Crippen molar-refractivity contribution in [1.29, 1.82) is 0 Å². The maximum absolute atomic E-state index is 13.2. The van der Waals surface area contributed by atoms with Crippen molar-refractivity contribution in [2.24, 2.45) is 0 Å². The van der Waals surface area contributed by atoms with E-state index in [2.05, 4.69) is 21.2 Å². The Morgan fingerprint density at radius 3 is 2.88 bits per heavy atom. The Morgan fingerprint density at radius 2 is 2.18 bits per heavy atom. The highest BCUT2D eigenvalue weighted by molar-refractivity contribution is 9.10. The van der Waals surface area contributed by atoms with E-state index in [1.165, 1.54) is 18.4 Å². The van der Waals surface area contributed by atoms with Gasteiger partial charge in [0.2, 0.25) is 0 Å². The Labute approximate surface area is 106 Å². The maximum Gasteiger partial charge on any atom is 0.252 e. The Kier molecular flexibility index (Phi) is 3.58. The fourth-order valence-corrected chi connectivity index (χ4v) is 1.80. The summed E-state index contributed by atoms with van der Waals surface area (Å²) in [5.74, 6) is -0.172. The van der Waals surface area contributed by atoms with Crippen LogP contribution in [0.15, 0.2) is 45.5 Å². The van der Waals surface area contributed by atoms with Crippen molar-refractivity contribution < 1.29 is 13.6 Å². The van der Waals surface area contributed by atoms with Crippen LogP contribution in [0.25, 0.3) is 0 Å². The average Bonchev–Trinajstić information content (AvgIpc) is 2.82. The first-order valence-corrected chi connectivity index (χ1v) is 5.72. The van der Waals surface area contributed by atoms with Crippen LogP contribution in [-0.2, 0) is 6.54 Å². The fourth-order valence-electron chi connectivity index (χ4n) is 1.35. The molecule has 1 aromatic heterocycles. The first-order valence-electron chi connectivity index (χ1n) is 4.93. The molecule has 1 aromatic carbocycles. The molecule has 2 rings (SSSR count). The van der Waals surface area contributed by atoms with E-state index >= 15 is 0 Å². The van der Waals surface area contributed by atoms with Crippen LogP contribution in [0.1, 0.15) is 16.1 Å². The number of carbonyl (C=O) groups is 1. The maximum atomic E-state index is 13.2. The van der Waals surface area contributed by atoms with Gasteiger partial charge in [0.15, 0.2) is 0 Å². The number of amides is 1. The highest BCUT2D eigenvalue weighted by Gasteiger charge is 2.12. The second-order valence-corrected chi connectivity index (χ2v) is 4.16. The van der Waals surface area contributed by atoms with E-state index in [9.17, 15) is 9.18 Å². The summed E-state index contributed by atoms with van der Waals surface area (Å²) in [6, 6.07) is 7.81. The summed E-state index contributed by atoms with van der Waals surface area (Å²) in [6.45, 7) is 0.273. The van der Waals surface area contributed by atoms with Crippen LogP contribution in [0.4, 0.5) is 4.39 Å². The lowest BCUT2D eigenvalue weighted by Crippen LogP contribution is -2.23. The van der Waals surface area contributed by atoms with Crippen LogP contribution >= 0.6 is 15.9 Å². The molecule has 1 heterocycles. The highest BCUT2D eigenvalue weighted by atomic mass is 79.9. The summed E-state index contributed by atoms with van der Waals surface area (Å²) in [5, 5.41) is 2.64. The van der Waals surface area contributed by atoms with Gasteiger partial charge in [0.05, 0.1) is 22.8 Å². The zero-order valence-corrected chi connectivity index (χ0v) is 10.3. The molecule has 0 aliphatic heterocycles. The average molecular weight is 298 g/mol. The van der Waals surface area contributed by atoms with Gasteiger partial charge >= 0.3 is 0 Å². The monoisotopic (exact) mass is 297 g/mol. The molecule has 88 valence electrons. The van der Waals surface area contributed by atoms with Gasteiger partial charge in [-0.15, -0.1) is 0 Å². The van der Waals surface area contributed by atoms with Crippen molar-refractivity contribution in [3.63, 3.8) is 0 Å². The van der Waals surface area contributed by atoms with E-state index in [4.69, 9.17) is 4.42 Å². The summed E-state index contributed by atoms with van der Waals surface area (Å²) in [4.78, 5) is 11.8. The summed E-state index contributed by atoms with van der Waals surface area (Å²) in [5.41, 5.74) is 0.261. The number of halogens is 2. The molecular weight excluding hydrogens is 289 g/mol. The van der Waals surface area contributed by atoms with Gasteiger partial charge in [0.25, 0.3) is 5.91 Å². The van der Waals surface area contributed by atoms with Crippen LogP contribution in [0.2, 0.25) is 0 Å². The lowest BCUT2D eigenvalue weighted by atomic mass is 10.2. The van der Waals surface area contributed by atoms with Crippen LogP contribution < -0.4 is 5.32 Å². The van der Waals surface area contributed by atoms with Gasteiger partial charge in [-0.2, -0.15) is 0 Å². The topological polar surface area (TPSA) is 42.2 Å². The third-order valence-corrected chi connectivity index (χ3v) is 3.01. The first kappa shape index (κ1) is 11.9. The number of rotatable bonds is 3. The molecular formula is C12H9BrFNO2. The third-order valence-electron chi connectivity index (χ3n) is 2.20.